The fourth-order valence-electron chi connectivity index (χ4n) is 5.18. The van der Waals surface area contributed by atoms with Crippen LogP contribution < -0.4 is 10.6 Å². The smallest absolute Gasteiger partial charge is 0.414 e. The molecule has 0 bridgehead atoms. The Balaban J connectivity index is 1.76. The Labute approximate surface area is 232 Å². The van der Waals surface area contributed by atoms with E-state index in [1.807, 2.05) is 24.3 Å². The van der Waals surface area contributed by atoms with Gasteiger partial charge in [-0.05, 0) is 47.2 Å². The number of aromatic nitrogens is 2. The molecule has 2 aromatic carbocycles. The molecule has 4 atom stereocenters. The van der Waals surface area contributed by atoms with Gasteiger partial charge in [0.15, 0.2) is 12.0 Å². The maximum atomic E-state index is 13.1. The molecule has 0 unspecified atom stereocenters. The summed E-state index contributed by atoms with van der Waals surface area (Å²) < 4.78 is 7.47. The van der Waals surface area contributed by atoms with Crippen LogP contribution >= 0.6 is 23.2 Å². The summed E-state index contributed by atoms with van der Waals surface area (Å²) in [6.45, 7) is 6.55. The first kappa shape index (κ1) is 27.9. The first-order valence-corrected chi connectivity index (χ1v) is 13.1. The van der Waals surface area contributed by atoms with E-state index < -0.39 is 23.7 Å². The number of amides is 1. The van der Waals surface area contributed by atoms with Gasteiger partial charge in [0.1, 0.15) is 5.41 Å². The number of halogens is 2. The molecule has 0 saturated carbocycles. The second-order valence-electron chi connectivity index (χ2n) is 10.6. The minimum Gasteiger partial charge on any atom is -0.429 e. The van der Waals surface area contributed by atoms with Gasteiger partial charge < -0.3 is 9.84 Å². The summed E-state index contributed by atoms with van der Waals surface area (Å²) in [5.74, 6) is -0.298. The van der Waals surface area contributed by atoms with Gasteiger partial charge in [0.05, 0.1) is 25.1 Å². The summed E-state index contributed by atoms with van der Waals surface area (Å²) in [6.07, 6.45) is 0.710. The predicted molar refractivity (Wildman–Crippen MR) is 147 cm³/mol. The summed E-state index contributed by atoms with van der Waals surface area (Å²) in [4.78, 5) is 13.1. The van der Waals surface area contributed by atoms with Gasteiger partial charge in [-0.3, -0.25) is 15.3 Å². The van der Waals surface area contributed by atoms with Crippen molar-refractivity contribution in [3.05, 3.63) is 82.0 Å². The molecule has 3 aromatic rings. The second kappa shape index (κ2) is 11.3. The van der Waals surface area contributed by atoms with E-state index in [9.17, 15) is 10.1 Å². The van der Waals surface area contributed by atoms with E-state index in [4.69, 9.17) is 33.0 Å². The van der Waals surface area contributed by atoms with Gasteiger partial charge in [0.25, 0.3) is 0 Å². The van der Waals surface area contributed by atoms with Crippen molar-refractivity contribution in [3.63, 3.8) is 0 Å². The fraction of sp³-hybridized carbons (Fsp3) is 0.393. The van der Waals surface area contributed by atoms with E-state index in [2.05, 4.69) is 42.6 Å². The van der Waals surface area contributed by atoms with Crippen molar-refractivity contribution in [2.75, 3.05) is 11.9 Å². The van der Waals surface area contributed by atoms with Crippen molar-refractivity contribution in [1.82, 2.24) is 15.1 Å². The van der Waals surface area contributed by atoms with Crippen LogP contribution in [0.1, 0.15) is 44.2 Å². The number of ether oxygens (including phenoxy) is 1. The lowest BCUT2D eigenvalue weighted by atomic mass is 9.64. The molecule has 0 spiro atoms. The van der Waals surface area contributed by atoms with Crippen LogP contribution in [0.25, 0.3) is 0 Å². The molecule has 1 aliphatic heterocycles. The van der Waals surface area contributed by atoms with Crippen molar-refractivity contribution in [2.45, 2.75) is 57.3 Å². The lowest BCUT2D eigenvalue weighted by Crippen LogP contribution is -2.44. The molecule has 10 heteroatoms. The summed E-state index contributed by atoms with van der Waals surface area (Å²) >= 11 is 12.6. The van der Waals surface area contributed by atoms with Gasteiger partial charge in [-0.25, -0.2) is 4.79 Å². The number of carbonyl (C=O) groups excluding carboxylic acids is 1. The third kappa shape index (κ3) is 5.97. The average Bonchev–Trinajstić information content (AvgIpc) is 3.40. The van der Waals surface area contributed by atoms with Gasteiger partial charge in [-0.1, -0.05) is 68.2 Å². The van der Waals surface area contributed by atoms with Gasteiger partial charge in [0, 0.05) is 28.4 Å². The maximum Gasteiger partial charge on any atom is 0.414 e. The van der Waals surface area contributed by atoms with Gasteiger partial charge >= 0.3 is 6.09 Å². The van der Waals surface area contributed by atoms with Crippen LogP contribution in [0.5, 0.6) is 0 Å². The molecular formula is C28H31Cl2N5O3. The van der Waals surface area contributed by atoms with Crippen LogP contribution in [0.4, 0.5) is 10.6 Å². The van der Waals surface area contributed by atoms with E-state index >= 15 is 0 Å². The Morgan fingerprint density at radius 3 is 2.58 bits per heavy atom. The molecule has 1 fully saturated rings. The number of carbonyl (C=O) groups is 1. The molecule has 1 amide bonds. The zero-order chi connectivity index (χ0) is 27.5. The number of nitrogens with one attached hydrogen (secondary N) is 2. The van der Waals surface area contributed by atoms with Gasteiger partial charge in [-0.2, -0.15) is 10.4 Å². The van der Waals surface area contributed by atoms with Crippen molar-refractivity contribution in [3.8, 4) is 6.07 Å². The molecule has 2 heterocycles. The number of hydrogen-bond donors (Lipinski definition) is 3. The van der Waals surface area contributed by atoms with Crippen LogP contribution in [0.2, 0.25) is 10.0 Å². The van der Waals surface area contributed by atoms with Crippen molar-refractivity contribution in [2.24, 2.45) is 5.41 Å². The minimum atomic E-state index is -1.10. The molecule has 38 heavy (non-hydrogen) atoms. The van der Waals surface area contributed by atoms with E-state index in [-0.39, 0.29) is 23.9 Å². The molecule has 1 aromatic heterocycles. The lowest BCUT2D eigenvalue weighted by Gasteiger charge is -2.37. The first-order valence-electron chi connectivity index (χ1n) is 12.4. The number of aliphatic hydroxyl groups excluding tert-OH is 1. The molecule has 4 rings (SSSR count). The summed E-state index contributed by atoms with van der Waals surface area (Å²) in [5, 5.41) is 31.4. The number of nitrogens with zero attached hydrogens (tertiary/aromatic N) is 3. The van der Waals surface area contributed by atoms with Crippen molar-refractivity contribution < 1.29 is 14.6 Å². The third-order valence-corrected chi connectivity index (χ3v) is 7.16. The molecule has 0 aliphatic carbocycles. The predicted octanol–water partition coefficient (Wildman–Crippen LogP) is 5.71. The van der Waals surface area contributed by atoms with Gasteiger partial charge in [0.2, 0.25) is 0 Å². The summed E-state index contributed by atoms with van der Waals surface area (Å²) in [5.41, 5.74) is 0.297. The molecule has 200 valence electrons. The van der Waals surface area contributed by atoms with Crippen LogP contribution in [-0.2, 0) is 16.7 Å². The maximum absolute atomic E-state index is 13.1. The highest BCUT2D eigenvalue weighted by molar-refractivity contribution is 6.30. The molecular weight excluding hydrogens is 525 g/mol. The Kier molecular flexibility index (Phi) is 8.34. The average molecular weight is 556 g/mol. The standard InChI is InChI=1S/C28H31Cl2N5O3/c1-27(2,3)16-22-28(17-31,19-7-9-20(29)10-8-19)24(18-5-4-6-21(30)15-18)25(32-22)38-26(37)33-23-11-12-35(34-23)13-14-36/h4-12,15,22,24-25,32,36H,13-14,16H2,1-3H3,(H,33,34,37)/t22-,24-,25+,28-/m0/s1. The Bertz CT molecular complexity index is 1320. The summed E-state index contributed by atoms with van der Waals surface area (Å²) in [6, 6.07) is 18.4. The van der Waals surface area contributed by atoms with E-state index in [0.717, 1.165) is 11.1 Å². The molecule has 0 radical (unpaired) electrons. The number of anilines is 1. The molecule has 1 aliphatic rings. The third-order valence-electron chi connectivity index (χ3n) is 6.67. The number of rotatable bonds is 7. The number of benzene rings is 2. The largest absolute Gasteiger partial charge is 0.429 e. The van der Waals surface area contributed by atoms with Crippen LogP contribution in [0.3, 0.4) is 0 Å². The lowest BCUT2D eigenvalue weighted by molar-refractivity contribution is 0.0859. The molecule has 3 N–H and O–H groups in total. The van der Waals surface area contributed by atoms with E-state index in [1.165, 1.54) is 4.68 Å². The van der Waals surface area contributed by atoms with Crippen LogP contribution in [0, 0.1) is 16.7 Å². The number of aliphatic hydroxyl groups is 1. The second-order valence-corrected chi connectivity index (χ2v) is 11.5. The van der Waals surface area contributed by atoms with Crippen LogP contribution in [-0.4, -0.2) is 39.9 Å². The highest BCUT2D eigenvalue weighted by Crippen LogP contribution is 2.51. The Morgan fingerprint density at radius 1 is 1.21 bits per heavy atom. The zero-order valence-electron chi connectivity index (χ0n) is 21.5. The highest BCUT2D eigenvalue weighted by Gasteiger charge is 2.59. The summed E-state index contributed by atoms with van der Waals surface area (Å²) in [7, 11) is 0. The van der Waals surface area contributed by atoms with Gasteiger partial charge in [-0.15, -0.1) is 0 Å². The number of nitriles is 1. The van der Waals surface area contributed by atoms with E-state index in [1.54, 1.807) is 36.5 Å². The minimum absolute atomic E-state index is 0.0744. The first-order chi connectivity index (χ1) is 18.1. The SMILES string of the molecule is CC(C)(C)C[C@@H]1N[C@H](OC(=O)Nc2ccn(CCO)n2)[C@H](c2cccc(Cl)c2)[C@@]1(C#N)c1ccc(Cl)cc1. The highest BCUT2D eigenvalue weighted by atomic mass is 35.5. The Morgan fingerprint density at radius 2 is 1.95 bits per heavy atom. The monoisotopic (exact) mass is 555 g/mol. The van der Waals surface area contributed by atoms with Crippen molar-refractivity contribution >= 4 is 35.1 Å². The van der Waals surface area contributed by atoms with E-state index in [0.29, 0.717) is 23.0 Å². The quantitative estimate of drug-likeness (QED) is 0.344. The topological polar surface area (TPSA) is 112 Å². The number of hydrogen-bond acceptors (Lipinski definition) is 6. The Hall–Kier alpha value is -3.09. The van der Waals surface area contributed by atoms with Crippen molar-refractivity contribution in [1.29, 1.82) is 5.26 Å². The molecule has 8 nitrogen and oxygen atoms in total. The van der Waals surface area contributed by atoms with Crippen LogP contribution in [0.15, 0.2) is 60.8 Å². The molecule has 1 saturated heterocycles. The normalized spacial score (nSPS) is 23.1. The fourth-order valence-corrected chi connectivity index (χ4v) is 5.50. The zero-order valence-corrected chi connectivity index (χ0v) is 23.0.